The first-order valence-electron chi connectivity index (χ1n) is 8.55. The van der Waals surface area contributed by atoms with Gasteiger partial charge in [0.1, 0.15) is 5.75 Å². The number of benzene rings is 1. The Balaban J connectivity index is 2.87. The van der Waals surface area contributed by atoms with Crippen LogP contribution in [-0.4, -0.2) is 68.7 Å². The summed E-state index contributed by atoms with van der Waals surface area (Å²) in [5.41, 5.74) is 0. The van der Waals surface area contributed by atoms with Gasteiger partial charge in [-0.15, -0.1) is 0 Å². The normalized spacial score (nSPS) is 12.1. The quantitative estimate of drug-likeness (QED) is 0.617. The molecule has 1 aromatic rings. The van der Waals surface area contributed by atoms with E-state index < -0.39 is 10.0 Å². The third-order valence-corrected chi connectivity index (χ3v) is 5.76. The summed E-state index contributed by atoms with van der Waals surface area (Å²) in [6.07, 6.45) is 0.898. The summed E-state index contributed by atoms with van der Waals surface area (Å²) < 4.78 is 32.4. The molecule has 0 aliphatic carbocycles. The molecular weight excluding hydrogens is 328 g/mol. The number of hydrogen-bond donors (Lipinski definition) is 1. The molecule has 24 heavy (non-hydrogen) atoms. The van der Waals surface area contributed by atoms with Gasteiger partial charge in [0.05, 0.1) is 18.1 Å². The van der Waals surface area contributed by atoms with Crippen LogP contribution in [0.2, 0.25) is 0 Å². The molecule has 0 unspecified atom stereocenters. The Kier molecular flexibility index (Phi) is 9.28. The second-order valence-electron chi connectivity index (χ2n) is 5.47. The van der Waals surface area contributed by atoms with E-state index in [9.17, 15) is 13.5 Å². The number of aliphatic hydroxyl groups excluding tert-OH is 1. The van der Waals surface area contributed by atoms with Crippen LogP contribution in [-0.2, 0) is 10.0 Å². The van der Waals surface area contributed by atoms with E-state index in [2.05, 4.69) is 4.90 Å². The highest BCUT2D eigenvalue weighted by molar-refractivity contribution is 7.89. The minimum absolute atomic E-state index is 0.0949. The summed E-state index contributed by atoms with van der Waals surface area (Å²) in [6, 6.07) is 6.46. The van der Waals surface area contributed by atoms with E-state index in [0.717, 1.165) is 19.5 Å². The summed E-state index contributed by atoms with van der Waals surface area (Å²) in [4.78, 5) is 2.38. The van der Waals surface area contributed by atoms with Crippen molar-refractivity contribution in [2.24, 2.45) is 0 Å². The molecule has 0 aliphatic heterocycles. The van der Waals surface area contributed by atoms with E-state index >= 15 is 0 Å². The fraction of sp³-hybridized carbons (Fsp3) is 0.647. The van der Waals surface area contributed by atoms with Crippen LogP contribution < -0.4 is 4.74 Å². The van der Waals surface area contributed by atoms with Gasteiger partial charge >= 0.3 is 0 Å². The van der Waals surface area contributed by atoms with Crippen LogP contribution in [0.15, 0.2) is 29.2 Å². The van der Waals surface area contributed by atoms with Crippen LogP contribution in [0.3, 0.4) is 0 Å². The van der Waals surface area contributed by atoms with Gasteiger partial charge in [-0.05, 0) is 43.8 Å². The third-order valence-electron chi connectivity index (χ3n) is 3.84. The van der Waals surface area contributed by atoms with E-state index in [1.807, 2.05) is 20.8 Å². The number of rotatable bonds is 12. The van der Waals surface area contributed by atoms with E-state index in [0.29, 0.717) is 25.4 Å². The number of aliphatic hydroxyl groups is 1. The zero-order valence-electron chi connectivity index (χ0n) is 14.9. The molecule has 0 bridgehead atoms. The van der Waals surface area contributed by atoms with Crippen molar-refractivity contribution in [1.82, 2.24) is 9.21 Å². The van der Waals surface area contributed by atoms with Crippen molar-refractivity contribution in [3.8, 4) is 5.75 Å². The van der Waals surface area contributed by atoms with Crippen molar-refractivity contribution in [2.75, 3.05) is 45.9 Å². The molecule has 0 saturated carbocycles. The zero-order chi connectivity index (χ0) is 18.0. The molecule has 0 radical (unpaired) electrons. The number of nitrogens with zero attached hydrogens (tertiary/aromatic N) is 2. The maximum absolute atomic E-state index is 12.8. The molecule has 0 saturated heterocycles. The molecule has 0 aromatic heterocycles. The van der Waals surface area contributed by atoms with Crippen molar-refractivity contribution < 1.29 is 18.3 Å². The lowest BCUT2D eigenvalue weighted by molar-refractivity contribution is 0.229. The van der Waals surface area contributed by atoms with Crippen molar-refractivity contribution in [1.29, 1.82) is 0 Å². The van der Waals surface area contributed by atoms with Crippen LogP contribution in [0.4, 0.5) is 0 Å². The van der Waals surface area contributed by atoms with Crippen LogP contribution in [0.25, 0.3) is 0 Å². The average molecular weight is 359 g/mol. The minimum atomic E-state index is -3.62. The monoisotopic (exact) mass is 358 g/mol. The Morgan fingerprint density at radius 1 is 1.00 bits per heavy atom. The predicted octanol–water partition coefficient (Wildman–Crippen LogP) is 1.80. The smallest absolute Gasteiger partial charge is 0.243 e. The van der Waals surface area contributed by atoms with E-state index in [-0.39, 0.29) is 18.0 Å². The van der Waals surface area contributed by atoms with Crippen LogP contribution >= 0.6 is 0 Å². The maximum atomic E-state index is 12.8. The Labute approximate surface area is 146 Å². The van der Waals surface area contributed by atoms with Gasteiger partial charge in [0, 0.05) is 19.6 Å². The maximum Gasteiger partial charge on any atom is 0.243 e. The highest BCUT2D eigenvalue weighted by Crippen LogP contribution is 2.19. The van der Waals surface area contributed by atoms with E-state index in [4.69, 9.17) is 4.74 Å². The molecule has 0 spiro atoms. The first-order chi connectivity index (χ1) is 11.5. The molecule has 1 N–H and O–H groups in total. The molecule has 138 valence electrons. The molecule has 1 aromatic carbocycles. The average Bonchev–Trinajstić information content (AvgIpc) is 2.60. The molecule has 0 fully saturated rings. The summed E-state index contributed by atoms with van der Waals surface area (Å²) >= 11 is 0. The van der Waals surface area contributed by atoms with Crippen molar-refractivity contribution >= 4 is 10.0 Å². The molecule has 0 heterocycles. The number of ether oxygens (including phenoxy) is 1. The van der Waals surface area contributed by atoms with Crippen LogP contribution in [0.1, 0.15) is 27.2 Å². The summed E-state index contributed by atoms with van der Waals surface area (Å²) in [5, 5.41) is 9.23. The Morgan fingerprint density at radius 3 is 2.12 bits per heavy atom. The SMILES string of the molecule is CCCOc1ccc(S(=O)(=O)N(CCO)CCN(CC)CC)cc1. The van der Waals surface area contributed by atoms with Gasteiger partial charge in [-0.1, -0.05) is 20.8 Å². The van der Waals surface area contributed by atoms with Gasteiger partial charge in [-0.25, -0.2) is 8.42 Å². The molecular formula is C17H30N2O4S. The Bertz CT molecular complexity index is 556. The van der Waals surface area contributed by atoms with Gasteiger partial charge in [0.15, 0.2) is 0 Å². The lowest BCUT2D eigenvalue weighted by Crippen LogP contribution is -2.40. The fourth-order valence-corrected chi connectivity index (χ4v) is 3.76. The van der Waals surface area contributed by atoms with Gasteiger partial charge in [-0.3, -0.25) is 0 Å². The van der Waals surface area contributed by atoms with Gasteiger partial charge in [0.2, 0.25) is 10.0 Å². The molecule has 7 heteroatoms. The third kappa shape index (κ3) is 6.05. The molecule has 0 amide bonds. The molecule has 6 nitrogen and oxygen atoms in total. The van der Waals surface area contributed by atoms with Gasteiger partial charge in [0.25, 0.3) is 0 Å². The molecule has 1 rings (SSSR count). The summed E-state index contributed by atoms with van der Waals surface area (Å²) in [5.74, 6) is 0.660. The highest BCUT2D eigenvalue weighted by Gasteiger charge is 2.24. The topological polar surface area (TPSA) is 70.1 Å². The van der Waals surface area contributed by atoms with Crippen molar-refractivity contribution in [3.05, 3.63) is 24.3 Å². The lowest BCUT2D eigenvalue weighted by Gasteiger charge is -2.25. The fourth-order valence-electron chi connectivity index (χ4n) is 2.33. The predicted molar refractivity (Wildman–Crippen MR) is 95.9 cm³/mol. The van der Waals surface area contributed by atoms with Crippen LogP contribution in [0.5, 0.6) is 5.75 Å². The summed E-state index contributed by atoms with van der Waals surface area (Å²) in [6.45, 7) is 9.34. The largest absolute Gasteiger partial charge is 0.494 e. The first kappa shape index (κ1) is 20.9. The minimum Gasteiger partial charge on any atom is -0.494 e. The number of likely N-dealkylation sites (N-methyl/N-ethyl adjacent to an activating group) is 1. The van der Waals surface area contributed by atoms with Gasteiger partial charge < -0.3 is 14.7 Å². The molecule has 0 atom stereocenters. The molecule has 0 aliphatic rings. The lowest BCUT2D eigenvalue weighted by atomic mass is 10.3. The summed E-state index contributed by atoms with van der Waals surface area (Å²) in [7, 11) is -3.62. The Hall–Kier alpha value is -1.15. The number of hydrogen-bond acceptors (Lipinski definition) is 5. The first-order valence-corrected chi connectivity index (χ1v) is 9.99. The second kappa shape index (κ2) is 10.7. The second-order valence-corrected chi connectivity index (χ2v) is 7.41. The highest BCUT2D eigenvalue weighted by atomic mass is 32.2. The van der Waals surface area contributed by atoms with E-state index in [1.54, 1.807) is 24.3 Å². The van der Waals surface area contributed by atoms with Gasteiger partial charge in [-0.2, -0.15) is 4.31 Å². The zero-order valence-corrected chi connectivity index (χ0v) is 15.8. The van der Waals surface area contributed by atoms with Crippen molar-refractivity contribution in [2.45, 2.75) is 32.1 Å². The standard InChI is InChI=1S/C17H30N2O4S/c1-4-15-23-16-7-9-17(10-8-16)24(21,22)19(13-14-20)12-11-18(5-2)6-3/h7-10,20H,4-6,11-15H2,1-3H3. The van der Waals surface area contributed by atoms with E-state index in [1.165, 1.54) is 4.31 Å². The Morgan fingerprint density at radius 2 is 1.62 bits per heavy atom. The number of sulfonamides is 1. The van der Waals surface area contributed by atoms with Crippen molar-refractivity contribution in [3.63, 3.8) is 0 Å². The van der Waals surface area contributed by atoms with Crippen LogP contribution in [0, 0.1) is 0 Å².